The van der Waals surface area contributed by atoms with E-state index in [4.69, 9.17) is 10.8 Å². The lowest BCUT2D eigenvalue weighted by molar-refractivity contribution is -0.141. The Labute approximate surface area is 92.5 Å². The molecule has 1 fully saturated rings. The van der Waals surface area contributed by atoms with Crippen LogP contribution in [0.2, 0.25) is 0 Å². The summed E-state index contributed by atoms with van der Waals surface area (Å²) in [7, 11) is 0. The van der Waals surface area contributed by atoms with Crippen molar-refractivity contribution in [2.75, 3.05) is 17.2 Å². The van der Waals surface area contributed by atoms with Crippen molar-refractivity contribution in [1.29, 1.82) is 0 Å². The average molecular weight is 220 g/mol. The first-order chi connectivity index (χ1) is 7.58. The smallest absolute Gasteiger partial charge is 0.308 e. The maximum Gasteiger partial charge on any atom is 0.308 e. The number of nitrogens with zero attached hydrogens (tertiary/aromatic N) is 1. The molecular formula is C11H12N2O3. The van der Waals surface area contributed by atoms with Gasteiger partial charge in [-0.1, -0.05) is 6.07 Å². The van der Waals surface area contributed by atoms with Crippen LogP contribution in [0.4, 0.5) is 11.4 Å². The van der Waals surface area contributed by atoms with Gasteiger partial charge in [0.2, 0.25) is 5.91 Å². The molecule has 2 rings (SSSR count). The molecule has 1 aromatic rings. The largest absolute Gasteiger partial charge is 0.481 e. The maximum atomic E-state index is 11.6. The molecule has 1 aliphatic heterocycles. The number of carbonyl (C=O) groups is 2. The third-order valence-corrected chi connectivity index (χ3v) is 2.66. The van der Waals surface area contributed by atoms with E-state index in [1.165, 1.54) is 4.90 Å². The molecule has 5 nitrogen and oxygen atoms in total. The van der Waals surface area contributed by atoms with E-state index in [0.29, 0.717) is 11.4 Å². The number of anilines is 2. The summed E-state index contributed by atoms with van der Waals surface area (Å²) in [5.74, 6) is -1.72. The maximum absolute atomic E-state index is 11.6. The number of hydrogen-bond donors (Lipinski definition) is 2. The summed E-state index contributed by atoms with van der Waals surface area (Å²) in [6.07, 6.45) is 0.0597. The molecule has 0 saturated carbocycles. The van der Waals surface area contributed by atoms with E-state index in [9.17, 15) is 9.59 Å². The van der Waals surface area contributed by atoms with Crippen LogP contribution in [0.1, 0.15) is 6.42 Å². The molecule has 16 heavy (non-hydrogen) atoms. The molecule has 3 N–H and O–H groups in total. The van der Waals surface area contributed by atoms with E-state index in [1.807, 2.05) is 0 Å². The van der Waals surface area contributed by atoms with Crippen molar-refractivity contribution in [3.63, 3.8) is 0 Å². The van der Waals surface area contributed by atoms with Crippen molar-refractivity contribution < 1.29 is 14.7 Å². The van der Waals surface area contributed by atoms with Crippen molar-refractivity contribution in [1.82, 2.24) is 0 Å². The zero-order valence-electron chi connectivity index (χ0n) is 8.59. The summed E-state index contributed by atoms with van der Waals surface area (Å²) in [6.45, 7) is 0.220. The fraction of sp³-hybridized carbons (Fsp3) is 0.273. The molecule has 0 aliphatic carbocycles. The van der Waals surface area contributed by atoms with Crippen molar-refractivity contribution in [3.05, 3.63) is 24.3 Å². The quantitative estimate of drug-likeness (QED) is 0.719. The Bertz CT molecular complexity index is 445. The summed E-state index contributed by atoms with van der Waals surface area (Å²) in [5, 5.41) is 8.85. The molecule has 0 radical (unpaired) electrons. The van der Waals surface area contributed by atoms with Crippen molar-refractivity contribution in [2.24, 2.45) is 5.92 Å². The standard InChI is InChI=1S/C11H12N2O3/c12-8-2-1-3-9(5-8)13-6-7(11(15)16)4-10(13)14/h1-3,5,7H,4,6,12H2,(H,15,16). The van der Waals surface area contributed by atoms with Crippen LogP contribution in [0.3, 0.4) is 0 Å². The van der Waals surface area contributed by atoms with Gasteiger partial charge in [0.05, 0.1) is 5.92 Å². The van der Waals surface area contributed by atoms with Gasteiger partial charge in [-0.05, 0) is 18.2 Å². The minimum Gasteiger partial charge on any atom is -0.481 e. The van der Waals surface area contributed by atoms with E-state index in [2.05, 4.69) is 0 Å². The number of rotatable bonds is 2. The van der Waals surface area contributed by atoms with Crippen LogP contribution in [-0.2, 0) is 9.59 Å². The topological polar surface area (TPSA) is 83.6 Å². The van der Waals surface area contributed by atoms with Gasteiger partial charge in [0.25, 0.3) is 0 Å². The summed E-state index contributed by atoms with van der Waals surface area (Å²) in [6, 6.07) is 6.88. The van der Waals surface area contributed by atoms with Gasteiger partial charge in [-0.3, -0.25) is 9.59 Å². The lowest BCUT2D eigenvalue weighted by Gasteiger charge is -2.16. The van der Waals surface area contributed by atoms with E-state index >= 15 is 0 Å². The molecule has 5 heteroatoms. The number of carboxylic acids is 1. The number of aliphatic carboxylic acids is 1. The predicted octanol–water partition coefficient (Wildman–Crippen LogP) is 0.706. The zero-order valence-corrected chi connectivity index (χ0v) is 8.59. The van der Waals surface area contributed by atoms with Gasteiger partial charge in [-0.2, -0.15) is 0 Å². The van der Waals surface area contributed by atoms with Gasteiger partial charge in [-0.25, -0.2) is 0 Å². The van der Waals surface area contributed by atoms with Gasteiger partial charge < -0.3 is 15.7 Å². The Morgan fingerprint density at radius 2 is 2.25 bits per heavy atom. The number of carboxylic acid groups (broad SMARTS) is 1. The molecule has 1 amide bonds. The minimum absolute atomic E-state index is 0.0597. The van der Waals surface area contributed by atoms with Gasteiger partial charge in [0, 0.05) is 24.3 Å². The van der Waals surface area contributed by atoms with Gasteiger partial charge in [0.1, 0.15) is 0 Å². The average Bonchev–Trinajstić information content (AvgIpc) is 2.60. The van der Waals surface area contributed by atoms with Gasteiger partial charge in [-0.15, -0.1) is 0 Å². The van der Waals surface area contributed by atoms with Gasteiger partial charge in [0.15, 0.2) is 0 Å². The lowest BCUT2D eigenvalue weighted by Crippen LogP contribution is -2.25. The number of amides is 1. The summed E-state index contributed by atoms with van der Waals surface area (Å²) >= 11 is 0. The summed E-state index contributed by atoms with van der Waals surface area (Å²) in [5.41, 5.74) is 6.83. The third-order valence-electron chi connectivity index (χ3n) is 2.66. The molecular weight excluding hydrogens is 208 g/mol. The van der Waals surface area contributed by atoms with Crippen molar-refractivity contribution in [2.45, 2.75) is 6.42 Å². The van der Waals surface area contributed by atoms with Crippen LogP contribution in [0.5, 0.6) is 0 Å². The van der Waals surface area contributed by atoms with Crippen LogP contribution in [0, 0.1) is 5.92 Å². The number of nitrogen functional groups attached to an aromatic ring is 1. The van der Waals surface area contributed by atoms with E-state index < -0.39 is 11.9 Å². The van der Waals surface area contributed by atoms with E-state index in [-0.39, 0.29) is 18.9 Å². The molecule has 1 heterocycles. The highest BCUT2D eigenvalue weighted by Gasteiger charge is 2.34. The zero-order chi connectivity index (χ0) is 11.7. The minimum atomic E-state index is -0.931. The van der Waals surface area contributed by atoms with Crippen molar-refractivity contribution in [3.8, 4) is 0 Å². The molecule has 1 aliphatic rings. The fourth-order valence-electron chi connectivity index (χ4n) is 1.82. The second kappa shape index (κ2) is 3.84. The summed E-state index contributed by atoms with van der Waals surface area (Å²) < 4.78 is 0. The summed E-state index contributed by atoms with van der Waals surface area (Å²) in [4.78, 5) is 23.9. The first-order valence-corrected chi connectivity index (χ1v) is 4.96. The molecule has 1 saturated heterocycles. The fourth-order valence-corrected chi connectivity index (χ4v) is 1.82. The Balaban J connectivity index is 2.23. The van der Waals surface area contributed by atoms with E-state index in [0.717, 1.165) is 0 Å². The molecule has 1 unspecified atom stereocenters. The monoisotopic (exact) mass is 220 g/mol. The highest BCUT2D eigenvalue weighted by atomic mass is 16.4. The van der Waals surface area contributed by atoms with Crippen LogP contribution in [0.25, 0.3) is 0 Å². The molecule has 84 valence electrons. The van der Waals surface area contributed by atoms with E-state index in [1.54, 1.807) is 24.3 Å². The second-order valence-electron chi connectivity index (χ2n) is 3.84. The molecule has 1 atom stereocenters. The van der Waals surface area contributed by atoms with Crippen LogP contribution < -0.4 is 10.6 Å². The highest BCUT2D eigenvalue weighted by molar-refractivity contribution is 5.99. The first-order valence-electron chi connectivity index (χ1n) is 4.96. The number of nitrogens with two attached hydrogens (primary N) is 1. The number of hydrogen-bond acceptors (Lipinski definition) is 3. The Morgan fingerprint density at radius 1 is 1.50 bits per heavy atom. The van der Waals surface area contributed by atoms with Crippen LogP contribution in [-0.4, -0.2) is 23.5 Å². The number of carbonyl (C=O) groups excluding carboxylic acids is 1. The lowest BCUT2D eigenvalue weighted by atomic mass is 10.1. The Morgan fingerprint density at radius 3 is 2.81 bits per heavy atom. The van der Waals surface area contributed by atoms with Crippen LogP contribution in [0.15, 0.2) is 24.3 Å². The van der Waals surface area contributed by atoms with Crippen LogP contribution >= 0.6 is 0 Å². The highest BCUT2D eigenvalue weighted by Crippen LogP contribution is 2.26. The predicted molar refractivity (Wildman–Crippen MR) is 59.0 cm³/mol. The Kier molecular flexibility index (Phi) is 2.52. The second-order valence-corrected chi connectivity index (χ2v) is 3.84. The Hall–Kier alpha value is -2.04. The molecule has 0 bridgehead atoms. The normalized spacial score (nSPS) is 20.1. The van der Waals surface area contributed by atoms with Crippen molar-refractivity contribution >= 4 is 23.3 Å². The third kappa shape index (κ3) is 1.84. The number of benzene rings is 1. The molecule has 1 aromatic carbocycles. The first kappa shape index (κ1) is 10.5. The molecule has 0 spiro atoms. The molecule has 0 aromatic heterocycles. The van der Waals surface area contributed by atoms with Gasteiger partial charge >= 0.3 is 5.97 Å². The SMILES string of the molecule is Nc1cccc(N2CC(C(=O)O)CC2=O)c1.